The van der Waals surface area contributed by atoms with E-state index in [0.717, 1.165) is 0 Å². The van der Waals surface area contributed by atoms with E-state index in [1.54, 1.807) is 4.90 Å². The maximum Gasteiger partial charge on any atom is 0.390 e. The highest BCUT2D eigenvalue weighted by Gasteiger charge is 2.37. The van der Waals surface area contributed by atoms with Gasteiger partial charge in [0.15, 0.2) is 11.5 Å². The van der Waals surface area contributed by atoms with Crippen LogP contribution in [-0.4, -0.2) is 49.5 Å². The molecule has 1 saturated heterocycles. The number of nitrogens with zero attached hydrogens (tertiary/aromatic N) is 1. The van der Waals surface area contributed by atoms with Gasteiger partial charge < -0.3 is 15.2 Å². The second-order valence-corrected chi connectivity index (χ2v) is 6.08. The zero-order chi connectivity index (χ0) is 16.3. The van der Waals surface area contributed by atoms with Crippen LogP contribution in [0.1, 0.15) is 18.0 Å². The summed E-state index contributed by atoms with van der Waals surface area (Å²) in [5.41, 5.74) is 0.227. The first kappa shape index (κ1) is 23.6. The van der Waals surface area contributed by atoms with Crippen molar-refractivity contribution in [2.45, 2.75) is 18.6 Å². The number of phenolic OH excluding ortho intramolecular Hbond substituents is 1. The van der Waals surface area contributed by atoms with Crippen LogP contribution in [0.4, 0.5) is 13.2 Å². The highest BCUT2D eigenvalue weighted by Crippen LogP contribution is 2.43. The topological polar surface area (TPSA) is 44.7 Å². The van der Waals surface area contributed by atoms with E-state index in [1.165, 1.54) is 19.2 Å². The zero-order valence-electron chi connectivity index (χ0n) is 12.9. The fourth-order valence-corrected chi connectivity index (χ4v) is 3.11. The Bertz CT molecular complexity index is 529. The number of piperazine rings is 1. The number of nitrogens with one attached hydrogen (secondary N) is 1. The second kappa shape index (κ2) is 9.91. The fourth-order valence-electron chi connectivity index (χ4n) is 2.65. The van der Waals surface area contributed by atoms with E-state index in [2.05, 4.69) is 21.2 Å². The van der Waals surface area contributed by atoms with E-state index in [0.29, 0.717) is 30.7 Å². The lowest BCUT2D eigenvalue weighted by atomic mass is 9.99. The Morgan fingerprint density at radius 2 is 1.88 bits per heavy atom. The molecular formula is C14H20BrCl2F3N2O2. The summed E-state index contributed by atoms with van der Waals surface area (Å²) < 4.78 is 44.6. The van der Waals surface area contributed by atoms with Gasteiger partial charge in [-0.1, -0.05) is 15.9 Å². The Morgan fingerprint density at radius 1 is 1.29 bits per heavy atom. The normalized spacial score (nSPS) is 16.7. The summed E-state index contributed by atoms with van der Waals surface area (Å²) in [7, 11) is 1.37. The monoisotopic (exact) mass is 454 g/mol. The number of ether oxygens (including phenoxy) is 1. The quantitative estimate of drug-likeness (QED) is 0.722. The molecule has 0 saturated carbocycles. The summed E-state index contributed by atoms with van der Waals surface area (Å²) in [6, 6.07) is 2.12. The molecule has 1 fully saturated rings. The third-order valence-corrected chi connectivity index (χ3v) is 4.12. The third-order valence-electron chi connectivity index (χ3n) is 3.67. The smallest absolute Gasteiger partial charge is 0.390 e. The Morgan fingerprint density at radius 3 is 2.38 bits per heavy atom. The predicted octanol–water partition coefficient (Wildman–Crippen LogP) is 3.91. The Hall–Kier alpha value is -0.410. The highest BCUT2D eigenvalue weighted by atomic mass is 79.9. The molecular weight excluding hydrogens is 436 g/mol. The van der Waals surface area contributed by atoms with Gasteiger partial charge in [-0.15, -0.1) is 24.8 Å². The first-order chi connectivity index (χ1) is 10.3. The van der Waals surface area contributed by atoms with Gasteiger partial charge in [-0.25, -0.2) is 0 Å². The number of methoxy groups -OCH3 is 1. The molecule has 140 valence electrons. The molecule has 1 heterocycles. The molecule has 1 atom stereocenters. The van der Waals surface area contributed by atoms with Crippen molar-refractivity contribution in [1.29, 1.82) is 0 Å². The summed E-state index contributed by atoms with van der Waals surface area (Å²) in [6.45, 7) is 2.24. The number of halogens is 6. The Balaban J connectivity index is 0.00000264. The minimum atomic E-state index is -4.32. The second-order valence-electron chi connectivity index (χ2n) is 5.17. The van der Waals surface area contributed by atoms with Gasteiger partial charge in [0.25, 0.3) is 0 Å². The van der Waals surface area contributed by atoms with Gasteiger partial charge in [0.1, 0.15) is 0 Å². The van der Waals surface area contributed by atoms with Crippen LogP contribution < -0.4 is 10.1 Å². The average molecular weight is 456 g/mol. The number of hydrogen-bond acceptors (Lipinski definition) is 4. The summed E-state index contributed by atoms with van der Waals surface area (Å²) in [5.74, 6) is -0.0785. The first-order valence-corrected chi connectivity index (χ1v) is 7.69. The van der Waals surface area contributed by atoms with E-state index < -0.39 is 18.6 Å². The molecule has 1 aromatic rings. The van der Waals surface area contributed by atoms with Crippen LogP contribution in [0.3, 0.4) is 0 Å². The van der Waals surface area contributed by atoms with Crippen molar-refractivity contribution < 1.29 is 23.0 Å². The molecule has 2 rings (SSSR count). The summed E-state index contributed by atoms with van der Waals surface area (Å²) >= 11 is 3.26. The number of hydrogen-bond donors (Lipinski definition) is 2. The molecule has 1 aromatic carbocycles. The molecule has 0 spiro atoms. The molecule has 0 bridgehead atoms. The SMILES string of the molecule is COc1cc(Br)cc([C@H](CC(F)(F)F)N2CCNCC2)c1O.Cl.Cl. The number of benzene rings is 1. The molecule has 24 heavy (non-hydrogen) atoms. The van der Waals surface area contributed by atoms with Crippen LogP contribution in [0.15, 0.2) is 16.6 Å². The van der Waals surface area contributed by atoms with Crippen LogP contribution in [0.25, 0.3) is 0 Å². The van der Waals surface area contributed by atoms with Crippen molar-refractivity contribution in [3.63, 3.8) is 0 Å². The molecule has 4 nitrogen and oxygen atoms in total. The van der Waals surface area contributed by atoms with Crippen LogP contribution in [0.2, 0.25) is 0 Å². The zero-order valence-corrected chi connectivity index (χ0v) is 16.1. The van der Waals surface area contributed by atoms with E-state index >= 15 is 0 Å². The lowest BCUT2D eigenvalue weighted by Gasteiger charge is -2.36. The lowest BCUT2D eigenvalue weighted by Crippen LogP contribution is -2.46. The van der Waals surface area contributed by atoms with Crippen molar-refractivity contribution in [1.82, 2.24) is 10.2 Å². The molecule has 0 aromatic heterocycles. The molecule has 10 heteroatoms. The van der Waals surface area contributed by atoms with Crippen molar-refractivity contribution in [2.24, 2.45) is 0 Å². The van der Waals surface area contributed by atoms with E-state index in [4.69, 9.17) is 4.74 Å². The largest absolute Gasteiger partial charge is 0.504 e. The van der Waals surface area contributed by atoms with Crippen molar-refractivity contribution in [3.8, 4) is 11.5 Å². The average Bonchev–Trinajstić information content (AvgIpc) is 2.47. The molecule has 0 radical (unpaired) electrons. The van der Waals surface area contributed by atoms with Gasteiger partial charge in [0.05, 0.1) is 13.5 Å². The van der Waals surface area contributed by atoms with Gasteiger partial charge in [-0.2, -0.15) is 13.2 Å². The maximum atomic E-state index is 13.0. The van der Waals surface area contributed by atoms with E-state index in [-0.39, 0.29) is 41.9 Å². The third kappa shape index (κ3) is 6.15. The van der Waals surface area contributed by atoms with E-state index in [9.17, 15) is 18.3 Å². The Kier molecular flexibility index (Phi) is 9.74. The summed E-state index contributed by atoms with van der Waals surface area (Å²) in [4.78, 5) is 1.74. The number of aromatic hydroxyl groups is 1. The highest BCUT2D eigenvalue weighted by molar-refractivity contribution is 9.10. The standard InChI is InChI=1S/C14H18BrF3N2O2.2ClH/c1-22-12-7-9(15)6-10(13(12)21)11(8-14(16,17)18)20-4-2-19-3-5-20;;/h6-7,11,19,21H,2-5,8H2,1H3;2*1H/t11-;;/m0../s1. The minimum absolute atomic E-state index is 0. The molecule has 1 aliphatic rings. The number of phenols is 1. The predicted molar refractivity (Wildman–Crippen MR) is 94.7 cm³/mol. The summed E-state index contributed by atoms with van der Waals surface area (Å²) in [5, 5.41) is 13.4. The van der Waals surface area contributed by atoms with Gasteiger partial charge >= 0.3 is 6.18 Å². The molecule has 1 aliphatic heterocycles. The molecule has 0 aliphatic carbocycles. The van der Waals surface area contributed by atoms with Gasteiger partial charge in [-0.05, 0) is 12.1 Å². The van der Waals surface area contributed by atoms with Crippen molar-refractivity contribution in [2.75, 3.05) is 33.3 Å². The number of rotatable bonds is 4. The molecule has 0 amide bonds. The lowest BCUT2D eigenvalue weighted by molar-refractivity contribution is -0.148. The Labute approximate surface area is 159 Å². The van der Waals surface area contributed by atoms with Crippen LogP contribution in [-0.2, 0) is 0 Å². The maximum absolute atomic E-state index is 13.0. The van der Waals surface area contributed by atoms with Gasteiger partial charge in [0.2, 0.25) is 0 Å². The summed E-state index contributed by atoms with van der Waals surface area (Å²) in [6.07, 6.45) is -5.34. The fraction of sp³-hybridized carbons (Fsp3) is 0.571. The van der Waals surface area contributed by atoms with Crippen LogP contribution >= 0.6 is 40.7 Å². The molecule has 2 N–H and O–H groups in total. The van der Waals surface area contributed by atoms with Crippen LogP contribution in [0.5, 0.6) is 11.5 Å². The first-order valence-electron chi connectivity index (χ1n) is 6.89. The van der Waals surface area contributed by atoms with Crippen molar-refractivity contribution in [3.05, 3.63) is 22.2 Å². The van der Waals surface area contributed by atoms with E-state index in [1.807, 2.05) is 0 Å². The number of alkyl halides is 3. The van der Waals surface area contributed by atoms with Crippen LogP contribution in [0, 0.1) is 0 Å². The van der Waals surface area contributed by atoms with Gasteiger partial charge in [-0.3, -0.25) is 4.90 Å². The van der Waals surface area contributed by atoms with Crippen molar-refractivity contribution >= 4 is 40.7 Å². The minimum Gasteiger partial charge on any atom is -0.504 e. The van der Waals surface area contributed by atoms with Gasteiger partial charge in [0, 0.05) is 42.3 Å². The molecule has 0 unspecified atom stereocenters.